The van der Waals surface area contributed by atoms with Gasteiger partial charge in [-0.2, -0.15) is 0 Å². The molecule has 0 saturated carbocycles. The molecule has 1 heterocycles. The van der Waals surface area contributed by atoms with Crippen molar-refractivity contribution in [1.82, 2.24) is 10.6 Å². The van der Waals surface area contributed by atoms with Crippen molar-refractivity contribution in [3.05, 3.63) is 126 Å². The van der Waals surface area contributed by atoms with Crippen molar-refractivity contribution in [2.24, 2.45) is 0 Å². The zero-order valence-corrected chi connectivity index (χ0v) is 27.9. The average Bonchev–Trinajstić information content (AvgIpc) is 3.09. The highest BCUT2D eigenvalue weighted by Gasteiger charge is 2.10. The molecule has 0 aliphatic rings. The topological polar surface area (TPSA) is 107 Å². The van der Waals surface area contributed by atoms with Gasteiger partial charge in [0.1, 0.15) is 17.1 Å². The fourth-order valence-corrected chi connectivity index (χ4v) is 4.51. The lowest BCUT2D eigenvalue weighted by Crippen LogP contribution is -2.31. The Morgan fingerprint density at radius 2 is 1.38 bits per heavy atom. The van der Waals surface area contributed by atoms with Gasteiger partial charge in [-0.05, 0) is 63.1 Å². The monoisotopic (exact) mass is 652 g/mol. The maximum Gasteiger partial charge on any atom is 0.412 e. The third-order valence-electron chi connectivity index (χ3n) is 6.98. The number of ether oxygens (including phenoxy) is 2. The molecule has 0 aliphatic carbocycles. The molecule has 2 amide bonds. The van der Waals surface area contributed by atoms with Crippen LogP contribution in [0.1, 0.15) is 58.3 Å². The van der Waals surface area contributed by atoms with E-state index in [1.807, 2.05) is 30.3 Å². The first-order chi connectivity index (χ1) is 23.6. The van der Waals surface area contributed by atoms with Crippen LogP contribution in [-0.2, 0) is 9.53 Å². The molecule has 254 valence electrons. The van der Waals surface area contributed by atoms with Crippen molar-refractivity contribution in [2.45, 2.75) is 58.3 Å². The molecule has 3 aromatic rings. The third kappa shape index (κ3) is 15.6. The quantitative estimate of drug-likeness (QED) is 0.0882. The summed E-state index contributed by atoms with van der Waals surface area (Å²) in [4.78, 5) is 36.9. The van der Waals surface area contributed by atoms with E-state index in [4.69, 9.17) is 13.9 Å². The summed E-state index contributed by atoms with van der Waals surface area (Å²) < 4.78 is 16.7. The number of hydrogen-bond donors (Lipinski definition) is 2. The molecule has 48 heavy (non-hydrogen) atoms. The summed E-state index contributed by atoms with van der Waals surface area (Å²) >= 11 is 0. The second-order valence-corrected chi connectivity index (χ2v) is 10.9. The Bertz CT molecular complexity index is 1600. The number of allylic oxidation sites excluding steroid dienone is 10. The molecule has 0 atom stereocenters. The number of rotatable bonds is 21. The van der Waals surface area contributed by atoms with E-state index in [0.29, 0.717) is 36.3 Å². The molecule has 3 rings (SSSR count). The first-order valence-electron chi connectivity index (χ1n) is 16.7. The molecular weight excluding hydrogens is 604 g/mol. The Labute approximate surface area is 283 Å². The normalized spacial score (nSPS) is 11.9. The molecular formula is C40H48N2O6. The highest BCUT2D eigenvalue weighted by atomic mass is 16.6. The molecule has 0 saturated heterocycles. The predicted octanol–water partition coefficient (Wildman–Crippen LogP) is 8.60. The number of amides is 2. The summed E-state index contributed by atoms with van der Waals surface area (Å²) in [5.74, 6) is 0.689. The molecule has 2 aromatic carbocycles. The number of nitrogens with one attached hydrogen (secondary N) is 2. The maximum absolute atomic E-state index is 12.7. The van der Waals surface area contributed by atoms with Crippen LogP contribution in [0, 0.1) is 0 Å². The SMILES string of the molecule is CCC=CCC=CCC=CCC=CCC=CCCCC(=O)NCCOCCNC(=O)Oc1ccc2oc(-c3ccccc3)cc(=O)c2c1. The maximum atomic E-state index is 12.7. The number of carbonyl (C=O) groups excluding carboxylic acids is 2. The van der Waals surface area contributed by atoms with Gasteiger partial charge < -0.3 is 24.5 Å². The number of unbranched alkanes of at least 4 members (excludes halogenated alkanes) is 1. The summed E-state index contributed by atoms with van der Waals surface area (Å²) in [5.41, 5.74) is 0.973. The van der Waals surface area contributed by atoms with Crippen LogP contribution in [0.3, 0.4) is 0 Å². The first-order valence-corrected chi connectivity index (χ1v) is 16.7. The molecule has 0 aliphatic heterocycles. The van der Waals surface area contributed by atoms with Crippen LogP contribution >= 0.6 is 0 Å². The molecule has 8 heteroatoms. The minimum Gasteiger partial charge on any atom is -0.456 e. The van der Waals surface area contributed by atoms with Gasteiger partial charge in [0.15, 0.2) is 5.43 Å². The van der Waals surface area contributed by atoms with Crippen molar-refractivity contribution in [3.63, 3.8) is 0 Å². The van der Waals surface area contributed by atoms with Gasteiger partial charge in [-0.15, -0.1) is 0 Å². The Kier molecular flexibility index (Phi) is 18.3. The Balaban J connectivity index is 1.17. The molecule has 0 fully saturated rings. The van der Waals surface area contributed by atoms with Gasteiger partial charge in [-0.25, -0.2) is 4.79 Å². The Morgan fingerprint density at radius 3 is 2.04 bits per heavy atom. The highest BCUT2D eigenvalue weighted by Crippen LogP contribution is 2.24. The van der Waals surface area contributed by atoms with Crippen LogP contribution in [0.25, 0.3) is 22.3 Å². The lowest BCUT2D eigenvalue weighted by atomic mass is 10.1. The van der Waals surface area contributed by atoms with Gasteiger partial charge in [0, 0.05) is 31.1 Å². The van der Waals surface area contributed by atoms with E-state index in [2.05, 4.69) is 78.3 Å². The molecule has 2 N–H and O–H groups in total. The number of fused-ring (bicyclic) bond motifs is 1. The van der Waals surface area contributed by atoms with Crippen molar-refractivity contribution in [3.8, 4) is 17.1 Å². The van der Waals surface area contributed by atoms with Gasteiger partial charge in [-0.3, -0.25) is 9.59 Å². The smallest absolute Gasteiger partial charge is 0.412 e. The zero-order valence-electron chi connectivity index (χ0n) is 27.9. The molecule has 8 nitrogen and oxygen atoms in total. The van der Waals surface area contributed by atoms with Crippen LogP contribution in [0.4, 0.5) is 4.79 Å². The number of carbonyl (C=O) groups is 2. The summed E-state index contributed by atoms with van der Waals surface area (Å²) in [5, 5.41) is 5.77. The van der Waals surface area contributed by atoms with Crippen LogP contribution in [0.2, 0.25) is 0 Å². The standard InChI is InChI=1S/C40H48N2O6/c1-2-3-4-5-6-7-8-9-10-11-12-13-14-15-16-17-21-24-39(44)41-27-29-46-30-28-42-40(45)47-34-25-26-37-35(31-34)36(43)32-38(48-37)33-22-19-18-20-23-33/h3-4,6-7,9-10,12-13,15-16,18-20,22-23,25-26,31-32H,2,5,8,11,14,17,21,24,27-30H2,1H3,(H,41,44)(H,42,45). The van der Waals surface area contributed by atoms with Crippen LogP contribution < -0.4 is 20.8 Å². The van der Waals surface area contributed by atoms with E-state index in [9.17, 15) is 14.4 Å². The first kappa shape index (κ1) is 37.5. The minimum absolute atomic E-state index is 0.00614. The lowest BCUT2D eigenvalue weighted by Gasteiger charge is -2.09. The zero-order chi connectivity index (χ0) is 34.1. The molecule has 1 aromatic heterocycles. The molecule has 0 radical (unpaired) electrons. The minimum atomic E-state index is -0.663. The summed E-state index contributed by atoms with van der Waals surface area (Å²) in [6.45, 7) is 3.37. The third-order valence-corrected chi connectivity index (χ3v) is 6.98. The van der Waals surface area contributed by atoms with E-state index in [1.54, 1.807) is 12.1 Å². The number of hydrogen-bond acceptors (Lipinski definition) is 6. The van der Waals surface area contributed by atoms with Crippen molar-refractivity contribution >= 4 is 23.0 Å². The largest absolute Gasteiger partial charge is 0.456 e. The Morgan fingerprint density at radius 1 is 0.750 bits per heavy atom. The second kappa shape index (κ2) is 23.4. The van der Waals surface area contributed by atoms with Crippen LogP contribution in [0.5, 0.6) is 5.75 Å². The average molecular weight is 653 g/mol. The summed E-state index contributed by atoms with van der Waals surface area (Å²) in [6.07, 6.45) is 28.1. The summed E-state index contributed by atoms with van der Waals surface area (Å²) in [7, 11) is 0. The van der Waals surface area contributed by atoms with Crippen molar-refractivity contribution < 1.29 is 23.5 Å². The molecule has 0 unspecified atom stereocenters. The van der Waals surface area contributed by atoms with Gasteiger partial charge in [0.2, 0.25) is 5.91 Å². The van der Waals surface area contributed by atoms with E-state index in [0.717, 1.165) is 50.5 Å². The van der Waals surface area contributed by atoms with Crippen LogP contribution in [0.15, 0.2) is 125 Å². The lowest BCUT2D eigenvalue weighted by molar-refractivity contribution is -0.121. The van der Waals surface area contributed by atoms with Crippen molar-refractivity contribution in [1.29, 1.82) is 0 Å². The summed E-state index contributed by atoms with van der Waals surface area (Å²) in [6, 6.07) is 15.4. The van der Waals surface area contributed by atoms with Gasteiger partial charge in [0.05, 0.1) is 18.6 Å². The van der Waals surface area contributed by atoms with E-state index in [1.165, 1.54) is 12.1 Å². The fraction of sp³-hybridized carbons (Fsp3) is 0.325. The molecule has 0 spiro atoms. The number of benzene rings is 2. The van der Waals surface area contributed by atoms with Gasteiger partial charge in [0.25, 0.3) is 0 Å². The Hall–Kier alpha value is -4.95. The van der Waals surface area contributed by atoms with Crippen molar-refractivity contribution in [2.75, 3.05) is 26.3 Å². The molecule has 0 bridgehead atoms. The second-order valence-electron chi connectivity index (χ2n) is 10.9. The highest BCUT2D eigenvalue weighted by molar-refractivity contribution is 5.81. The predicted molar refractivity (Wildman–Crippen MR) is 194 cm³/mol. The van der Waals surface area contributed by atoms with E-state index in [-0.39, 0.29) is 30.2 Å². The fourth-order valence-electron chi connectivity index (χ4n) is 4.51. The van der Waals surface area contributed by atoms with Gasteiger partial charge >= 0.3 is 6.09 Å². The van der Waals surface area contributed by atoms with E-state index < -0.39 is 6.09 Å². The van der Waals surface area contributed by atoms with Crippen LogP contribution in [-0.4, -0.2) is 38.3 Å². The van der Waals surface area contributed by atoms with E-state index >= 15 is 0 Å². The van der Waals surface area contributed by atoms with Gasteiger partial charge in [-0.1, -0.05) is 98.0 Å².